The van der Waals surface area contributed by atoms with Gasteiger partial charge in [0, 0.05) is 24.2 Å². The van der Waals surface area contributed by atoms with E-state index in [1.165, 1.54) is 0 Å². The summed E-state index contributed by atoms with van der Waals surface area (Å²) in [6, 6.07) is -0.141. The highest BCUT2D eigenvalue weighted by Crippen LogP contribution is 2.26. The van der Waals surface area contributed by atoms with Crippen LogP contribution in [0, 0.1) is 0 Å². The fraction of sp³-hybridized carbons (Fsp3) is 1.00. The zero-order chi connectivity index (χ0) is 9.19. The van der Waals surface area contributed by atoms with Crippen LogP contribution in [0.5, 0.6) is 0 Å². The second-order valence-corrected chi connectivity index (χ2v) is 3.81. The van der Waals surface area contributed by atoms with Crippen molar-refractivity contribution in [3.63, 3.8) is 0 Å². The van der Waals surface area contributed by atoms with Crippen LogP contribution in [-0.4, -0.2) is 24.2 Å². The average Bonchev–Trinajstić information content (AvgIpc) is 2.09. The van der Waals surface area contributed by atoms with Crippen LogP contribution in [-0.2, 0) is 0 Å². The summed E-state index contributed by atoms with van der Waals surface area (Å²) in [4.78, 5) is 0. The van der Waals surface area contributed by atoms with Gasteiger partial charge < -0.3 is 22.9 Å². The van der Waals surface area contributed by atoms with Gasteiger partial charge in [0.05, 0.1) is 0 Å². The predicted octanol–water partition coefficient (Wildman–Crippen LogP) is -1.13. The lowest BCUT2D eigenvalue weighted by molar-refractivity contribution is 0.214. The Balaban J connectivity index is 2.65. The summed E-state index contributed by atoms with van der Waals surface area (Å²) in [6.07, 6.45) is 4.17. The zero-order valence-electron chi connectivity index (χ0n) is 7.50. The third kappa shape index (κ3) is 1.61. The second kappa shape index (κ2) is 3.70. The van der Waals surface area contributed by atoms with E-state index in [2.05, 4.69) is 0 Å². The van der Waals surface area contributed by atoms with Crippen LogP contribution >= 0.6 is 0 Å². The average molecular weight is 172 g/mol. The minimum Gasteiger partial charge on any atom is -0.329 e. The molecule has 72 valence electrons. The van der Waals surface area contributed by atoms with Gasteiger partial charge in [0.15, 0.2) is 0 Å². The van der Waals surface area contributed by atoms with Gasteiger partial charge in [-0.2, -0.15) is 0 Å². The minimum atomic E-state index is -0.424. The molecule has 1 aliphatic carbocycles. The highest BCUT2D eigenvalue weighted by molar-refractivity contribution is 5.04. The second-order valence-electron chi connectivity index (χ2n) is 3.81. The molecule has 12 heavy (non-hydrogen) atoms. The number of nitrogens with two attached hydrogens (primary N) is 4. The Bertz CT molecular complexity index is 144. The van der Waals surface area contributed by atoms with Crippen molar-refractivity contribution in [2.75, 3.05) is 6.54 Å². The van der Waals surface area contributed by atoms with Gasteiger partial charge in [0.2, 0.25) is 0 Å². The Morgan fingerprint density at radius 2 is 2.08 bits per heavy atom. The fourth-order valence-corrected chi connectivity index (χ4v) is 1.93. The zero-order valence-corrected chi connectivity index (χ0v) is 7.50. The first-order chi connectivity index (χ1) is 5.61. The summed E-state index contributed by atoms with van der Waals surface area (Å²) >= 11 is 0. The Hall–Kier alpha value is -0.160. The number of hydrogen-bond acceptors (Lipinski definition) is 4. The summed E-state index contributed by atoms with van der Waals surface area (Å²) in [5, 5.41) is 0. The molecule has 0 heterocycles. The molecule has 3 atom stereocenters. The van der Waals surface area contributed by atoms with Crippen LogP contribution in [0.4, 0.5) is 0 Å². The third-order valence-electron chi connectivity index (χ3n) is 3.01. The molecule has 0 bridgehead atoms. The van der Waals surface area contributed by atoms with Crippen molar-refractivity contribution in [3.05, 3.63) is 0 Å². The highest BCUT2D eigenvalue weighted by Gasteiger charge is 2.39. The highest BCUT2D eigenvalue weighted by atomic mass is 14.9. The van der Waals surface area contributed by atoms with E-state index in [1.54, 1.807) is 0 Å². The van der Waals surface area contributed by atoms with E-state index in [-0.39, 0.29) is 12.1 Å². The lowest BCUT2D eigenvalue weighted by Crippen LogP contribution is -2.68. The molecule has 0 spiro atoms. The van der Waals surface area contributed by atoms with Gasteiger partial charge in [-0.3, -0.25) is 0 Å². The van der Waals surface area contributed by atoms with Crippen molar-refractivity contribution in [1.29, 1.82) is 0 Å². The van der Waals surface area contributed by atoms with E-state index >= 15 is 0 Å². The summed E-state index contributed by atoms with van der Waals surface area (Å²) in [5.74, 6) is 0. The van der Waals surface area contributed by atoms with Crippen LogP contribution in [0.1, 0.15) is 25.7 Å². The monoisotopic (exact) mass is 172 g/mol. The van der Waals surface area contributed by atoms with Crippen molar-refractivity contribution >= 4 is 0 Å². The molecule has 1 aliphatic rings. The molecule has 1 saturated carbocycles. The minimum absolute atomic E-state index is 0.0183. The lowest BCUT2D eigenvalue weighted by atomic mass is 9.74. The normalized spacial score (nSPS) is 39.5. The number of rotatable bonds is 2. The molecule has 0 aliphatic heterocycles. The topological polar surface area (TPSA) is 104 Å². The Labute approximate surface area is 73.6 Å². The van der Waals surface area contributed by atoms with Crippen LogP contribution < -0.4 is 22.9 Å². The van der Waals surface area contributed by atoms with Gasteiger partial charge in [-0.05, 0) is 12.8 Å². The van der Waals surface area contributed by atoms with Crippen molar-refractivity contribution in [1.82, 2.24) is 0 Å². The molecule has 4 heteroatoms. The molecule has 8 N–H and O–H groups in total. The molecule has 0 amide bonds. The van der Waals surface area contributed by atoms with E-state index < -0.39 is 5.54 Å². The van der Waals surface area contributed by atoms with Gasteiger partial charge in [-0.1, -0.05) is 12.8 Å². The molecular formula is C8H20N4. The first-order valence-corrected chi connectivity index (χ1v) is 4.61. The van der Waals surface area contributed by atoms with E-state index in [4.69, 9.17) is 22.9 Å². The van der Waals surface area contributed by atoms with Gasteiger partial charge in [0.25, 0.3) is 0 Å². The molecule has 1 rings (SSSR count). The lowest BCUT2D eigenvalue weighted by Gasteiger charge is -2.43. The predicted molar refractivity (Wildman–Crippen MR) is 50.4 cm³/mol. The summed E-state index contributed by atoms with van der Waals surface area (Å²) in [6.45, 7) is 0.421. The van der Waals surface area contributed by atoms with Crippen molar-refractivity contribution in [3.8, 4) is 0 Å². The number of hydrogen-bond donors (Lipinski definition) is 4. The van der Waals surface area contributed by atoms with Crippen LogP contribution in [0.3, 0.4) is 0 Å². The summed E-state index contributed by atoms with van der Waals surface area (Å²) in [7, 11) is 0. The molecule has 1 fully saturated rings. The molecule has 0 aromatic carbocycles. The molecule has 0 saturated heterocycles. The maximum Gasteiger partial charge on any atom is 0.0473 e. The van der Waals surface area contributed by atoms with E-state index in [9.17, 15) is 0 Å². The first-order valence-electron chi connectivity index (χ1n) is 4.61. The third-order valence-corrected chi connectivity index (χ3v) is 3.01. The molecule has 0 aromatic heterocycles. The summed E-state index contributed by atoms with van der Waals surface area (Å²) < 4.78 is 0. The summed E-state index contributed by atoms with van der Waals surface area (Å²) in [5.41, 5.74) is 23.0. The van der Waals surface area contributed by atoms with Crippen LogP contribution in [0.15, 0.2) is 0 Å². The fourth-order valence-electron chi connectivity index (χ4n) is 1.93. The molecular weight excluding hydrogens is 152 g/mol. The van der Waals surface area contributed by atoms with Crippen molar-refractivity contribution in [2.45, 2.75) is 43.3 Å². The van der Waals surface area contributed by atoms with Gasteiger partial charge in [-0.15, -0.1) is 0 Å². The smallest absolute Gasteiger partial charge is 0.0473 e. The Morgan fingerprint density at radius 3 is 2.58 bits per heavy atom. The standard InChI is InChI=1S/C8H20N4/c9-5-7(11)8(12)4-2-1-3-6(8)10/h6-7H,1-5,9-12H2/t6-,7?,8+/m1/s1. The molecule has 4 nitrogen and oxygen atoms in total. The van der Waals surface area contributed by atoms with Crippen molar-refractivity contribution < 1.29 is 0 Å². The van der Waals surface area contributed by atoms with E-state index in [1.807, 2.05) is 0 Å². The van der Waals surface area contributed by atoms with Gasteiger partial charge >= 0.3 is 0 Å². The Kier molecular flexibility index (Phi) is 3.06. The van der Waals surface area contributed by atoms with Crippen LogP contribution in [0.25, 0.3) is 0 Å². The molecule has 1 unspecified atom stereocenters. The van der Waals surface area contributed by atoms with E-state index in [0.717, 1.165) is 25.7 Å². The van der Waals surface area contributed by atoms with E-state index in [0.29, 0.717) is 6.54 Å². The Morgan fingerprint density at radius 1 is 1.42 bits per heavy atom. The van der Waals surface area contributed by atoms with Gasteiger partial charge in [0.1, 0.15) is 0 Å². The van der Waals surface area contributed by atoms with Crippen molar-refractivity contribution in [2.24, 2.45) is 22.9 Å². The maximum atomic E-state index is 6.13. The first kappa shape index (κ1) is 9.92. The largest absolute Gasteiger partial charge is 0.329 e. The SMILES string of the molecule is NCC(N)[C@]1(N)CCCC[C@H]1N. The van der Waals surface area contributed by atoms with Crippen LogP contribution in [0.2, 0.25) is 0 Å². The van der Waals surface area contributed by atoms with Gasteiger partial charge in [-0.25, -0.2) is 0 Å². The molecule has 0 radical (unpaired) electrons. The molecule has 0 aromatic rings. The maximum absolute atomic E-state index is 6.13. The quantitative estimate of drug-likeness (QED) is 0.423.